The number of aliphatic carboxylic acids is 1. The number of halogens is 1. The average Bonchev–Trinajstić information content (AvgIpc) is 2.33. The lowest BCUT2D eigenvalue weighted by molar-refractivity contribution is -0.157. The Morgan fingerprint density at radius 3 is 2.59 bits per heavy atom. The maximum Gasteiger partial charge on any atom is 0.348 e. The predicted molar refractivity (Wildman–Crippen MR) is 59.5 cm³/mol. The molecule has 0 aliphatic carbocycles. The van der Waals surface area contributed by atoms with Crippen molar-refractivity contribution in [2.45, 2.75) is 18.4 Å². The number of nitrogens with one attached hydrogen (secondary N) is 1. The Morgan fingerprint density at radius 1 is 1.35 bits per heavy atom. The molecule has 0 radical (unpaired) electrons. The fourth-order valence-corrected chi connectivity index (χ4v) is 1.93. The first-order valence-electron chi connectivity index (χ1n) is 5.52. The number of ether oxygens (including phenoxy) is 1. The van der Waals surface area contributed by atoms with Crippen LogP contribution in [-0.2, 0) is 4.79 Å². The average molecular weight is 239 g/mol. The van der Waals surface area contributed by atoms with E-state index >= 15 is 0 Å². The minimum absolute atomic E-state index is 0.00296. The largest absolute Gasteiger partial charge is 0.478 e. The minimum Gasteiger partial charge on any atom is -0.478 e. The van der Waals surface area contributed by atoms with Crippen LogP contribution in [0.5, 0.6) is 5.75 Å². The summed E-state index contributed by atoms with van der Waals surface area (Å²) in [5.41, 5.74) is -1.31. The van der Waals surface area contributed by atoms with Gasteiger partial charge in [0.15, 0.2) is 11.6 Å². The van der Waals surface area contributed by atoms with Crippen molar-refractivity contribution in [3.63, 3.8) is 0 Å². The van der Waals surface area contributed by atoms with E-state index in [1.165, 1.54) is 18.2 Å². The van der Waals surface area contributed by atoms with E-state index in [9.17, 15) is 14.3 Å². The zero-order valence-electron chi connectivity index (χ0n) is 9.28. The molecule has 17 heavy (non-hydrogen) atoms. The Hall–Kier alpha value is -1.62. The highest BCUT2D eigenvalue weighted by Crippen LogP contribution is 2.28. The van der Waals surface area contributed by atoms with Gasteiger partial charge in [0.1, 0.15) is 0 Å². The summed E-state index contributed by atoms with van der Waals surface area (Å²) in [5.74, 6) is -1.58. The van der Waals surface area contributed by atoms with E-state index in [-0.39, 0.29) is 5.75 Å². The molecule has 2 N–H and O–H groups in total. The molecule has 0 unspecified atom stereocenters. The molecule has 0 amide bonds. The zero-order valence-corrected chi connectivity index (χ0v) is 9.28. The van der Waals surface area contributed by atoms with E-state index in [2.05, 4.69) is 5.32 Å². The fraction of sp³-hybridized carbons (Fsp3) is 0.417. The van der Waals surface area contributed by atoms with Gasteiger partial charge in [-0.2, -0.15) is 0 Å². The summed E-state index contributed by atoms with van der Waals surface area (Å²) in [6.07, 6.45) is 0.660. The molecule has 0 atom stereocenters. The first-order valence-corrected chi connectivity index (χ1v) is 5.52. The van der Waals surface area contributed by atoms with Crippen molar-refractivity contribution in [3.8, 4) is 5.75 Å². The molecule has 0 bridgehead atoms. The molecule has 1 fully saturated rings. The Bertz CT molecular complexity index is 416. The third-order valence-corrected chi connectivity index (χ3v) is 2.94. The van der Waals surface area contributed by atoms with Gasteiger partial charge in [-0.25, -0.2) is 9.18 Å². The molecule has 1 heterocycles. The highest BCUT2D eigenvalue weighted by molar-refractivity contribution is 5.78. The van der Waals surface area contributed by atoms with Gasteiger partial charge in [0.2, 0.25) is 5.60 Å². The van der Waals surface area contributed by atoms with Crippen LogP contribution in [0.2, 0.25) is 0 Å². The van der Waals surface area contributed by atoms with Gasteiger partial charge in [-0.15, -0.1) is 0 Å². The summed E-state index contributed by atoms with van der Waals surface area (Å²) in [4.78, 5) is 11.3. The first-order chi connectivity index (χ1) is 8.14. The second-order valence-corrected chi connectivity index (χ2v) is 4.08. The van der Waals surface area contributed by atoms with Gasteiger partial charge in [-0.05, 0) is 25.2 Å². The van der Waals surface area contributed by atoms with E-state index in [1.54, 1.807) is 6.07 Å². The van der Waals surface area contributed by atoms with Crippen molar-refractivity contribution in [2.75, 3.05) is 13.1 Å². The lowest BCUT2D eigenvalue weighted by Crippen LogP contribution is -2.52. The van der Waals surface area contributed by atoms with Crippen LogP contribution in [0.1, 0.15) is 12.8 Å². The van der Waals surface area contributed by atoms with Crippen molar-refractivity contribution in [2.24, 2.45) is 0 Å². The minimum atomic E-state index is -1.31. The fourth-order valence-electron chi connectivity index (χ4n) is 1.93. The van der Waals surface area contributed by atoms with Crippen molar-refractivity contribution in [1.82, 2.24) is 5.32 Å². The van der Waals surface area contributed by atoms with Gasteiger partial charge in [0.25, 0.3) is 0 Å². The molecule has 1 saturated heterocycles. The molecule has 4 nitrogen and oxygen atoms in total. The SMILES string of the molecule is O=C(O)C1(Oc2ccccc2F)CCNCC1. The number of carboxylic acids is 1. The third kappa shape index (κ3) is 2.39. The van der Waals surface area contributed by atoms with Crippen LogP contribution in [-0.4, -0.2) is 29.8 Å². The number of carbonyl (C=O) groups is 1. The Balaban J connectivity index is 2.24. The molecule has 92 valence electrons. The highest BCUT2D eigenvalue weighted by Gasteiger charge is 2.42. The summed E-state index contributed by atoms with van der Waals surface area (Å²) in [5, 5.41) is 12.3. The highest BCUT2D eigenvalue weighted by atomic mass is 19.1. The Morgan fingerprint density at radius 2 is 2.00 bits per heavy atom. The van der Waals surface area contributed by atoms with Crippen LogP contribution in [0.15, 0.2) is 24.3 Å². The molecule has 0 aromatic heterocycles. The lowest BCUT2D eigenvalue weighted by atomic mass is 9.92. The van der Waals surface area contributed by atoms with Crippen LogP contribution in [0, 0.1) is 5.82 Å². The summed E-state index contributed by atoms with van der Waals surface area (Å²) < 4.78 is 18.9. The summed E-state index contributed by atoms with van der Waals surface area (Å²) in [6, 6.07) is 5.86. The molecule has 1 aromatic rings. The van der Waals surface area contributed by atoms with Gasteiger partial charge in [0.05, 0.1) is 0 Å². The summed E-state index contributed by atoms with van der Waals surface area (Å²) in [7, 11) is 0. The number of para-hydroxylation sites is 1. The van der Waals surface area contributed by atoms with Crippen LogP contribution in [0.25, 0.3) is 0 Å². The predicted octanol–water partition coefficient (Wildman–Crippen LogP) is 1.41. The van der Waals surface area contributed by atoms with Crippen LogP contribution >= 0.6 is 0 Å². The Kier molecular flexibility index (Phi) is 3.28. The molecule has 1 aromatic carbocycles. The smallest absolute Gasteiger partial charge is 0.348 e. The zero-order chi connectivity index (χ0) is 12.3. The topological polar surface area (TPSA) is 58.6 Å². The van der Waals surface area contributed by atoms with Gasteiger partial charge in [0, 0.05) is 12.8 Å². The van der Waals surface area contributed by atoms with Crippen LogP contribution in [0.4, 0.5) is 4.39 Å². The molecule has 0 spiro atoms. The Labute approximate surface area is 98.4 Å². The quantitative estimate of drug-likeness (QED) is 0.837. The van der Waals surface area contributed by atoms with E-state index < -0.39 is 17.4 Å². The molecular weight excluding hydrogens is 225 g/mol. The molecule has 2 rings (SSSR count). The molecular formula is C12H14FNO3. The normalized spacial score (nSPS) is 18.6. The maximum atomic E-state index is 13.4. The van der Waals surface area contributed by atoms with Gasteiger partial charge in [-0.3, -0.25) is 0 Å². The monoisotopic (exact) mass is 239 g/mol. The van der Waals surface area contributed by atoms with Gasteiger partial charge < -0.3 is 15.2 Å². The number of carboxylic acid groups (broad SMARTS) is 1. The molecule has 1 aliphatic rings. The number of piperidine rings is 1. The second-order valence-electron chi connectivity index (χ2n) is 4.08. The standard InChI is InChI=1S/C12H14FNO3/c13-9-3-1-2-4-10(9)17-12(11(15)16)5-7-14-8-6-12/h1-4,14H,5-8H2,(H,15,16). The molecule has 1 aliphatic heterocycles. The van der Waals surface area contributed by atoms with Crippen molar-refractivity contribution in [1.29, 1.82) is 0 Å². The summed E-state index contributed by atoms with van der Waals surface area (Å²) >= 11 is 0. The third-order valence-electron chi connectivity index (χ3n) is 2.94. The van der Waals surface area contributed by atoms with Crippen LogP contribution < -0.4 is 10.1 Å². The van der Waals surface area contributed by atoms with E-state index in [1.807, 2.05) is 0 Å². The number of hydrogen-bond acceptors (Lipinski definition) is 3. The number of hydrogen-bond donors (Lipinski definition) is 2. The van der Waals surface area contributed by atoms with E-state index in [0.29, 0.717) is 25.9 Å². The van der Waals surface area contributed by atoms with Gasteiger partial charge >= 0.3 is 5.97 Å². The molecule has 5 heteroatoms. The van der Waals surface area contributed by atoms with E-state index in [0.717, 1.165) is 0 Å². The van der Waals surface area contributed by atoms with Crippen LogP contribution in [0.3, 0.4) is 0 Å². The number of rotatable bonds is 3. The lowest BCUT2D eigenvalue weighted by Gasteiger charge is -2.34. The maximum absolute atomic E-state index is 13.4. The molecule has 0 saturated carbocycles. The second kappa shape index (κ2) is 4.71. The van der Waals surface area contributed by atoms with Crippen molar-refractivity contribution < 1.29 is 19.0 Å². The summed E-state index contributed by atoms with van der Waals surface area (Å²) in [6.45, 7) is 1.11. The van der Waals surface area contributed by atoms with Crippen molar-refractivity contribution in [3.05, 3.63) is 30.1 Å². The number of benzene rings is 1. The van der Waals surface area contributed by atoms with Crippen molar-refractivity contribution >= 4 is 5.97 Å². The first kappa shape index (κ1) is 11.9. The van der Waals surface area contributed by atoms with Gasteiger partial charge in [-0.1, -0.05) is 12.1 Å². The van der Waals surface area contributed by atoms with E-state index in [4.69, 9.17) is 4.74 Å².